The van der Waals surface area contributed by atoms with Crippen LogP contribution in [0.1, 0.15) is 44.9 Å². The first kappa shape index (κ1) is 13.3. The van der Waals surface area contributed by atoms with E-state index in [9.17, 15) is 9.59 Å². The molecular weight excluding hydrogens is 230 g/mol. The zero-order valence-corrected chi connectivity index (χ0v) is 10.8. The fourth-order valence-electron chi connectivity index (χ4n) is 2.97. The highest BCUT2D eigenvalue weighted by molar-refractivity contribution is 5.97. The fourth-order valence-corrected chi connectivity index (χ4v) is 2.97. The highest BCUT2D eigenvalue weighted by Crippen LogP contribution is 2.27. The number of nitrogens with one attached hydrogen (secondary N) is 2. The first-order valence-electron chi connectivity index (χ1n) is 7.03. The maximum Gasteiger partial charge on any atom is 0.243 e. The monoisotopic (exact) mass is 253 g/mol. The molecule has 1 aliphatic heterocycles. The van der Waals surface area contributed by atoms with Gasteiger partial charge in [0.25, 0.3) is 0 Å². The molecule has 5 heteroatoms. The van der Waals surface area contributed by atoms with E-state index in [1.54, 1.807) is 0 Å². The molecule has 0 bridgehead atoms. The molecule has 1 saturated heterocycles. The molecule has 0 aromatic heterocycles. The maximum atomic E-state index is 12.1. The Morgan fingerprint density at radius 1 is 1.06 bits per heavy atom. The molecule has 0 unspecified atom stereocenters. The van der Waals surface area contributed by atoms with Gasteiger partial charge >= 0.3 is 0 Å². The first-order chi connectivity index (χ1) is 8.72. The van der Waals surface area contributed by atoms with Gasteiger partial charge in [0.2, 0.25) is 11.8 Å². The molecule has 0 spiro atoms. The molecule has 5 nitrogen and oxygen atoms in total. The summed E-state index contributed by atoms with van der Waals surface area (Å²) in [4.78, 5) is 24.0. The minimum absolute atomic E-state index is 0.0106. The summed E-state index contributed by atoms with van der Waals surface area (Å²) < 4.78 is 0. The van der Waals surface area contributed by atoms with Crippen molar-refractivity contribution in [3.8, 4) is 0 Å². The summed E-state index contributed by atoms with van der Waals surface area (Å²) >= 11 is 0. The highest BCUT2D eigenvalue weighted by atomic mass is 16.2. The second kappa shape index (κ2) is 6.18. The predicted molar refractivity (Wildman–Crippen MR) is 68.7 cm³/mol. The Bertz CT molecular complexity index is 313. The predicted octanol–water partition coefficient (Wildman–Crippen LogP) is 0.289. The number of hydrogen-bond donors (Lipinski definition) is 3. The average Bonchev–Trinajstić information content (AvgIpc) is 2.40. The third kappa shape index (κ3) is 3.02. The van der Waals surface area contributed by atoms with E-state index < -0.39 is 0 Å². The van der Waals surface area contributed by atoms with E-state index in [1.165, 1.54) is 19.3 Å². The van der Waals surface area contributed by atoms with Crippen LogP contribution >= 0.6 is 0 Å². The first-order valence-corrected chi connectivity index (χ1v) is 7.03. The molecule has 0 aromatic rings. The Labute approximate surface area is 108 Å². The van der Waals surface area contributed by atoms with Crippen LogP contribution in [-0.2, 0) is 9.59 Å². The summed E-state index contributed by atoms with van der Waals surface area (Å²) in [6.45, 7) is 0.547. The lowest BCUT2D eigenvalue weighted by molar-refractivity contribution is -0.138. The summed E-state index contributed by atoms with van der Waals surface area (Å²) in [6, 6.07) is -0.701. The number of piperazine rings is 1. The summed E-state index contributed by atoms with van der Waals surface area (Å²) in [5.74, 6) is 0.264. The highest BCUT2D eigenvalue weighted by Gasteiger charge is 2.37. The Morgan fingerprint density at radius 2 is 1.78 bits per heavy atom. The maximum absolute atomic E-state index is 12.1. The molecule has 18 heavy (non-hydrogen) atoms. The van der Waals surface area contributed by atoms with Crippen molar-refractivity contribution in [2.75, 3.05) is 6.54 Å². The molecule has 1 heterocycles. The number of amides is 2. The van der Waals surface area contributed by atoms with Crippen molar-refractivity contribution in [1.82, 2.24) is 10.6 Å². The molecule has 0 radical (unpaired) electrons. The fraction of sp³-hybridized carbons (Fsp3) is 0.846. The van der Waals surface area contributed by atoms with Crippen LogP contribution in [0.3, 0.4) is 0 Å². The summed E-state index contributed by atoms with van der Waals surface area (Å²) in [7, 11) is 0. The van der Waals surface area contributed by atoms with Gasteiger partial charge in [-0.2, -0.15) is 0 Å². The van der Waals surface area contributed by atoms with Crippen LogP contribution < -0.4 is 16.4 Å². The Morgan fingerprint density at radius 3 is 2.44 bits per heavy atom. The van der Waals surface area contributed by atoms with Crippen LogP contribution in [0.15, 0.2) is 0 Å². The van der Waals surface area contributed by atoms with Crippen molar-refractivity contribution in [1.29, 1.82) is 0 Å². The van der Waals surface area contributed by atoms with E-state index >= 15 is 0 Å². The van der Waals surface area contributed by atoms with Crippen LogP contribution in [0.25, 0.3) is 0 Å². The third-order valence-electron chi connectivity index (χ3n) is 4.03. The number of carbonyl (C=O) groups is 2. The molecule has 2 aliphatic rings. The summed E-state index contributed by atoms with van der Waals surface area (Å²) in [6.07, 6.45) is 7.06. The quantitative estimate of drug-likeness (QED) is 0.673. The van der Waals surface area contributed by atoms with Gasteiger partial charge in [-0.15, -0.1) is 0 Å². The Balaban J connectivity index is 1.92. The zero-order valence-electron chi connectivity index (χ0n) is 10.8. The number of rotatable bonds is 4. The minimum Gasteiger partial charge on any atom is -0.343 e. The topological polar surface area (TPSA) is 84.2 Å². The van der Waals surface area contributed by atoms with Crippen molar-refractivity contribution in [2.24, 2.45) is 11.7 Å². The van der Waals surface area contributed by atoms with Gasteiger partial charge in [0.15, 0.2) is 0 Å². The van der Waals surface area contributed by atoms with Gasteiger partial charge in [-0.1, -0.05) is 19.3 Å². The lowest BCUT2D eigenvalue weighted by atomic mass is 9.82. The van der Waals surface area contributed by atoms with Crippen LogP contribution in [0.2, 0.25) is 0 Å². The van der Waals surface area contributed by atoms with Crippen LogP contribution in [-0.4, -0.2) is 30.4 Å². The molecular formula is C13H23N3O2. The molecule has 1 saturated carbocycles. The van der Waals surface area contributed by atoms with Crippen molar-refractivity contribution < 1.29 is 9.59 Å². The molecule has 1 aliphatic carbocycles. The van der Waals surface area contributed by atoms with Crippen molar-refractivity contribution in [2.45, 2.75) is 57.0 Å². The van der Waals surface area contributed by atoms with E-state index in [1.807, 2.05) is 0 Å². The van der Waals surface area contributed by atoms with Gasteiger partial charge in [0.1, 0.15) is 12.1 Å². The SMILES string of the molecule is NCCC[C@@H]1NC(=O)[C@H](C2CCCCC2)NC1=O. The number of hydrogen-bond acceptors (Lipinski definition) is 3. The molecule has 2 rings (SSSR count). The van der Waals surface area contributed by atoms with Crippen LogP contribution in [0.5, 0.6) is 0 Å². The van der Waals surface area contributed by atoms with Crippen molar-refractivity contribution >= 4 is 11.8 Å². The largest absolute Gasteiger partial charge is 0.343 e. The number of carbonyl (C=O) groups excluding carboxylic acids is 2. The van der Waals surface area contributed by atoms with Crippen molar-refractivity contribution in [3.63, 3.8) is 0 Å². The Hall–Kier alpha value is -1.10. The molecule has 2 atom stereocenters. The lowest BCUT2D eigenvalue weighted by Gasteiger charge is -2.35. The molecule has 4 N–H and O–H groups in total. The standard InChI is InChI=1S/C13H23N3O2/c14-8-4-7-10-12(17)16-11(13(18)15-10)9-5-2-1-3-6-9/h9-11H,1-8,14H2,(H,15,18)(H,16,17)/t10-,11-/m0/s1. The molecule has 102 valence electrons. The van der Waals surface area contributed by atoms with E-state index in [0.717, 1.165) is 19.3 Å². The minimum atomic E-state index is -0.388. The second-order valence-electron chi connectivity index (χ2n) is 5.38. The Kier molecular flexibility index (Phi) is 4.58. The van der Waals surface area contributed by atoms with Crippen molar-refractivity contribution in [3.05, 3.63) is 0 Å². The third-order valence-corrected chi connectivity index (χ3v) is 4.03. The van der Waals surface area contributed by atoms with Gasteiger partial charge in [0, 0.05) is 0 Å². The normalized spacial score (nSPS) is 29.8. The van der Waals surface area contributed by atoms with Gasteiger partial charge in [0.05, 0.1) is 0 Å². The van der Waals surface area contributed by atoms with Crippen LogP contribution in [0, 0.1) is 5.92 Å². The summed E-state index contributed by atoms with van der Waals surface area (Å²) in [5, 5.41) is 5.74. The van der Waals surface area contributed by atoms with E-state index in [4.69, 9.17) is 5.73 Å². The second-order valence-corrected chi connectivity index (χ2v) is 5.38. The van der Waals surface area contributed by atoms with Crippen LogP contribution in [0.4, 0.5) is 0 Å². The van der Waals surface area contributed by atoms with E-state index in [2.05, 4.69) is 10.6 Å². The smallest absolute Gasteiger partial charge is 0.243 e. The lowest BCUT2D eigenvalue weighted by Crippen LogP contribution is -2.63. The molecule has 0 aromatic carbocycles. The average molecular weight is 253 g/mol. The van der Waals surface area contributed by atoms with Gasteiger partial charge in [-0.25, -0.2) is 0 Å². The molecule has 2 fully saturated rings. The zero-order chi connectivity index (χ0) is 13.0. The molecule has 2 amide bonds. The van der Waals surface area contributed by atoms with Gasteiger partial charge < -0.3 is 16.4 Å². The van der Waals surface area contributed by atoms with E-state index in [0.29, 0.717) is 18.9 Å². The number of nitrogens with two attached hydrogens (primary N) is 1. The van der Waals surface area contributed by atoms with Gasteiger partial charge in [-0.05, 0) is 38.1 Å². The summed E-state index contributed by atoms with van der Waals surface area (Å²) in [5.41, 5.74) is 5.43. The van der Waals surface area contributed by atoms with Gasteiger partial charge in [-0.3, -0.25) is 9.59 Å². The van der Waals surface area contributed by atoms with E-state index in [-0.39, 0.29) is 23.9 Å².